The summed E-state index contributed by atoms with van der Waals surface area (Å²) in [5.74, 6) is -0.409. The van der Waals surface area contributed by atoms with E-state index in [9.17, 15) is 9.59 Å². The molecule has 32 heavy (non-hydrogen) atoms. The fourth-order valence-electron chi connectivity index (χ4n) is 3.99. The third kappa shape index (κ3) is 3.67. The fourth-order valence-corrected chi connectivity index (χ4v) is 3.99. The number of carbonyl (C=O) groups is 1. The van der Waals surface area contributed by atoms with Crippen LogP contribution in [0.2, 0.25) is 0 Å². The first-order valence-corrected chi connectivity index (χ1v) is 10.5. The van der Waals surface area contributed by atoms with Crippen LogP contribution in [0.3, 0.4) is 0 Å². The average molecular weight is 430 g/mol. The Kier molecular flexibility index (Phi) is 5.24. The first-order valence-electron chi connectivity index (χ1n) is 10.5. The van der Waals surface area contributed by atoms with Crippen LogP contribution in [0.5, 0.6) is 0 Å². The van der Waals surface area contributed by atoms with Crippen LogP contribution in [0.25, 0.3) is 16.7 Å². The van der Waals surface area contributed by atoms with Crippen molar-refractivity contribution in [1.29, 1.82) is 5.41 Å². The quantitative estimate of drug-likeness (QED) is 0.466. The molecule has 1 saturated heterocycles. The van der Waals surface area contributed by atoms with Crippen molar-refractivity contribution < 1.29 is 9.53 Å². The lowest BCUT2D eigenvalue weighted by Gasteiger charge is -2.16. The highest BCUT2D eigenvalue weighted by atomic mass is 16.5. The van der Waals surface area contributed by atoms with E-state index in [1.165, 1.54) is 10.5 Å². The molecule has 0 saturated carbocycles. The molecule has 1 aliphatic rings. The molecule has 1 amide bonds. The summed E-state index contributed by atoms with van der Waals surface area (Å²) in [5.41, 5.74) is 1.54. The Balaban J connectivity index is 1.66. The van der Waals surface area contributed by atoms with Crippen molar-refractivity contribution in [2.45, 2.75) is 25.5 Å². The number of nitrogens with zero attached hydrogens (tertiary/aromatic N) is 4. The number of fused-ring (bicyclic) bond motifs is 2. The van der Waals surface area contributed by atoms with Gasteiger partial charge in [-0.15, -0.1) is 0 Å². The van der Waals surface area contributed by atoms with Gasteiger partial charge in [-0.2, -0.15) is 0 Å². The second-order valence-electron chi connectivity index (χ2n) is 7.78. The van der Waals surface area contributed by atoms with Crippen molar-refractivity contribution in [3.05, 3.63) is 82.0 Å². The third-order valence-corrected chi connectivity index (χ3v) is 5.67. The summed E-state index contributed by atoms with van der Waals surface area (Å²) in [6, 6.07) is 10.4. The molecule has 2 N–H and O–H groups in total. The molecule has 0 spiro atoms. The van der Waals surface area contributed by atoms with Crippen LogP contribution in [0.15, 0.2) is 59.8 Å². The Hall–Kier alpha value is -3.85. The Morgan fingerprint density at radius 2 is 2.09 bits per heavy atom. The normalized spacial score (nSPS) is 15.9. The van der Waals surface area contributed by atoms with Crippen molar-refractivity contribution in [1.82, 2.24) is 24.3 Å². The maximum Gasteiger partial charge on any atom is 0.267 e. The molecule has 0 radical (unpaired) electrons. The molecule has 0 aliphatic carbocycles. The van der Waals surface area contributed by atoms with Crippen LogP contribution < -0.4 is 16.4 Å². The molecule has 0 bridgehead atoms. The van der Waals surface area contributed by atoms with E-state index in [1.807, 2.05) is 12.1 Å². The van der Waals surface area contributed by atoms with E-state index in [0.717, 1.165) is 18.4 Å². The lowest BCUT2D eigenvalue weighted by atomic mass is 10.1. The molecular weight excluding hydrogens is 408 g/mol. The lowest BCUT2D eigenvalue weighted by molar-refractivity contribution is 0.0856. The summed E-state index contributed by atoms with van der Waals surface area (Å²) < 4.78 is 8.61. The topological polar surface area (TPSA) is 114 Å². The smallest absolute Gasteiger partial charge is 0.267 e. The second kappa shape index (κ2) is 8.35. The van der Waals surface area contributed by atoms with Gasteiger partial charge in [0, 0.05) is 31.7 Å². The van der Waals surface area contributed by atoms with Crippen molar-refractivity contribution in [2.24, 2.45) is 0 Å². The predicted octanol–water partition coefficient (Wildman–Crippen LogP) is 1.48. The molecule has 4 aromatic rings. The van der Waals surface area contributed by atoms with Gasteiger partial charge in [0.05, 0.1) is 23.6 Å². The standard InChI is InChI=1S/C23H22N6O3/c24-20-17(22(30)26-13-16-4-3-11-32-16)12-18-21(29(20)14-15-6-8-25-9-7-15)27-19-5-1-2-10-28(19)23(18)31/h1-2,5-10,12,16,24H,3-4,11,13-14H2,(H,26,30). The summed E-state index contributed by atoms with van der Waals surface area (Å²) in [6.07, 6.45) is 6.82. The van der Waals surface area contributed by atoms with E-state index in [2.05, 4.69) is 15.3 Å². The number of carbonyl (C=O) groups excluding carboxylic acids is 1. The molecule has 1 aliphatic heterocycles. The van der Waals surface area contributed by atoms with E-state index in [0.29, 0.717) is 24.4 Å². The van der Waals surface area contributed by atoms with Gasteiger partial charge in [0.25, 0.3) is 11.5 Å². The zero-order valence-corrected chi connectivity index (χ0v) is 17.3. The van der Waals surface area contributed by atoms with Gasteiger partial charge in [0.15, 0.2) is 0 Å². The molecular formula is C23H22N6O3. The molecule has 162 valence electrons. The van der Waals surface area contributed by atoms with Crippen LogP contribution in [-0.4, -0.2) is 44.1 Å². The largest absolute Gasteiger partial charge is 0.376 e. The summed E-state index contributed by atoms with van der Waals surface area (Å²) >= 11 is 0. The van der Waals surface area contributed by atoms with E-state index < -0.39 is 5.91 Å². The Labute approximate surface area is 182 Å². The molecule has 5 heterocycles. The molecule has 9 nitrogen and oxygen atoms in total. The van der Waals surface area contributed by atoms with E-state index >= 15 is 0 Å². The SMILES string of the molecule is N=c1c(C(=O)NCC2CCCO2)cc2c(=O)n3ccccc3nc2n1Cc1ccncc1. The van der Waals surface area contributed by atoms with Gasteiger partial charge in [-0.05, 0) is 48.7 Å². The van der Waals surface area contributed by atoms with Crippen LogP contribution in [-0.2, 0) is 11.3 Å². The number of aromatic nitrogens is 4. The van der Waals surface area contributed by atoms with Crippen LogP contribution in [0.1, 0.15) is 28.8 Å². The minimum Gasteiger partial charge on any atom is -0.376 e. The first kappa shape index (κ1) is 20.1. The van der Waals surface area contributed by atoms with Crippen molar-refractivity contribution >= 4 is 22.6 Å². The first-order chi connectivity index (χ1) is 15.6. The monoisotopic (exact) mass is 430 g/mol. The highest BCUT2D eigenvalue weighted by Crippen LogP contribution is 2.13. The molecule has 9 heteroatoms. The number of nitrogens with one attached hydrogen (secondary N) is 2. The average Bonchev–Trinajstić information content (AvgIpc) is 3.34. The predicted molar refractivity (Wildman–Crippen MR) is 117 cm³/mol. The molecule has 1 unspecified atom stereocenters. The summed E-state index contributed by atoms with van der Waals surface area (Å²) in [4.78, 5) is 34.9. The van der Waals surface area contributed by atoms with E-state index in [4.69, 9.17) is 10.1 Å². The van der Waals surface area contributed by atoms with Gasteiger partial charge < -0.3 is 14.6 Å². The Morgan fingerprint density at radius 1 is 1.25 bits per heavy atom. The summed E-state index contributed by atoms with van der Waals surface area (Å²) in [5, 5.41) is 11.9. The number of rotatable bonds is 5. The molecule has 0 aromatic carbocycles. The maximum atomic E-state index is 13.2. The minimum absolute atomic E-state index is 0.00802. The zero-order valence-electron chi connectivity index (χ0n) is 17.3. The third-order valence-electron chi connectivity index (χ3n) is 5.67. The molecule has 5 rings (SSSR count). The lowest BCUT2D eigenvalue weighted by Crippen LogP contribution is -2.38. The maximum absolute atomic E-state index is 13.2. The minimum atomic E-state index is -0.409. The van der Waals surface area contributed by atoms with Crippen LogP contribution >= 0.6 is 0 Å². The van der Waals surface area contributed by atoms with E-state index in [-0.39, 0.29) is 34.6 Å². The second-order valence-corrected chi connectivity index (χ2v) is 7.78. The Morgan fingerprint density at radius 3 is 2.88 bits per heavy atom. The van der Waals surface area contributed by atoms with Crippen molar-refractivity contribution in [2.75, 3.05) is 13.2 Å². The van der Waals surface area contributed by atoms with Crippen LogP contribution in [0.4, 0.5) is 0 Å². The number of hydrogen-bond acceptors (Lipinski definition) is 6. The van der Waals surface area contributed by atoms with Crippen molar-refractivity contribution in [3.63, 3.8) is 0 Å². The van der Waals surface area contributed by atoms with Gasteiger partial charge in [0.1, 0.15) is 16.8 Å². The highest BCUT2D eigenvalue weighted by molar-refractivity contribution is 5.96. The number of ether oxygens (including phenoxy) is 1. The van der Waals surface area contributed by atoms with Crippen LogP contribution in [0, 0.1) is 5.41 Å². The molecule has 4 aromatic heterocycles. The van der Waals surface area contributed by atoms with Gasteiger partial charge in [0.2, 0.25) is 0 Å². The van der Waals surface area contributed by atoms with Gasteiger partial charge in [-0.1, -0.05) is 6.07 Å². The molecule has 1 fully saturated rings. The number of amides is 1. The Bertz CT molecular complexity index is 1420. The van der Waals surface area contributed by atoms with E-state index in [1.54, 1.807) is 41.4 Å². The highest BCUT2D eigenvalue weighted by Gasteiger charge is 2.20. The number of pyridine rings is 3. The van der Waals surface area contributed by atoms with Gasteiger partial charge in [-0.25, -0.2) is 4.98 Å². The zero-order chi connectivity index (χ0) is 22.1. The summed E-state index contributed by atoms with van der Waals surface area (Å²) in [6.45, 7) is 1.34. The number of hydrogen-bond donors (Lipinski definition) is 2. The summed E-state index contributed by atoms with van der Waals surface area (Å²) in [7, 11) is 0. The fraction of sp³-hybridized carbons (Fsp3) is 0.261. The molecule has 1 atom stereocenters. The van der Waals surface area contributed by atoms with Gasteiger partial charge in [-0.3, -0.25) is 24.4 Å². The van der Waals surface area contributed by atoms with Gasteiger partial charge >= 0.3 is 0 Å². The van der Waals surface area contributed by atoms with Crippen molar-refractivity contribution in [3.8, 4) is 0 Å².